The maximum atomic E-state index is 11.8. The summed E-state index contributed by atoms with van der Waals surface area (Å²) in [6, 6.07) is 0. The second kappa shape index (κ2) is 14.4. The number of ether oxygens (including phenoxy) is 6. The van der Waals surface area contributed by atoms with Crippen molar-refractivity contribution in [1.29, 1.82) is 0 Å². The van der Waals surface area contributed by atoms with Crippen LogP contribution < -0.4 is 0 Å². The molecule has 4 aliphatic carbocycles. The minimum Gasteiger partial charge on any atom is -0.394 e. The monoisotopic (exact) mass is 756 g/mol. The predicted molar refractivity (Wildman–Crippen MR) is 184 cm³/mol. The van der Waals surface area contributed by atoms with Gasteiger partial charge in [0.25, 0.3) is 0 Å². The summed E-state index contributed by atoms with van der Waals surface area (Å²) in [7, 11) is 0. The summed E-state index contributed by atoms with van der Waals surface area (Å²) in [5, 5.41) is 84.5. The smallest absolute Gasteiger partial charge is 0.187 e. The maximum Gasteiger partial charge on any atom is 0.187 e. The Hall–Kier alpha value is -0.560. The van der Waals surface area contributed by atoms with E-state index in [-0.39, 0.29) is 22.9 Å². The first-order valence-electron chi connectivity index (χ1n) is 20.4. The molecule has 8 N–H and O–H groups in total. The van der Waals surface area contributed by atoms with Crippen LogP contribution in [0.1, 0.15) is 85.5 Å². The van der Waals surface area contributed by atoms with Gasteiger partial charge in [0.05, 0.1) is 38.1 Å². The lowest BCUT2D eigenvalue weighted by Crippen LogP contribution is -2.65. The van der Waals surface area contributed by atoms with Gasteiger partial charge in [-0.3, -0.25) is 0 Å². The Balaban J connectivity index is 0.962. The molecule has 0 aromatic heterocycles. The molecular formula is C39H64O14. The SMILES string of the molecule is C[C@H]1CC[C@@]2(OC1)O[C@H]1C[C@H]3[C@@H]4CC[C@@H]5C[C@@H](O[C@@H]6O[C@H](CO)[C@H](O)[C@H](O)[C@H]6O[C@@H]6O[C@H](CO)[C@@H](O)[C@H](O)[C@H]6O)[C@@H](O)C[C@]5(C)[C@H]4CC[C@]3(C)[C@H]1[C@@H]2C. The van der Waals surface area contributed by atoms with E-state index in [0.717, 1.165) is 51.6 Å². The van der Waals surface area contributed by atoms with E-state index in [1.165, 1.54) is 0 Å². The van der Waals surface area contributed by atoms with Crippen molar-refractivity contribution >= 4 is 0 Å². The van der Waals surface area contributed by atoms with Crippen LogP contribution in [-0.2, 0) is 28.4 Å². The van der Waals surface area contributed by atoms with Crippen LogP contribution in [0, 0.1) is 52.3 Å². The number of fused-ring (bicyclic) bond motifs is 7. The number of hydrogen-bond acceptors (Lipinski definition) is 14. The number of hydrogen-bond donors (Lipinski definition) is 8. The summed E-state index contributed by atoms with van der Waals surface area (Å²) >= 11 is 0. The molecule has 14 heteroatoms. The van der Waals surface area contributed by atoms with E-state index in [9.17, 15) is 40.9 Å². The molecule has 0 aromatic carbocycles. The van der Waals surface area contributed by atoms with Crippen LogP contribution in [0.2, 0.25) is 0 Å². The molecule has 4 heterocycles. The van der Waals surface area contributed by atoms with Crippen LogP contribution in [0.3, 0.4) is 0 Å². The van der Waals surface area contributed by atoms with Crippen LogP contribution in [0.4, 0.5) is 0 Å². The number of aliphatic hydroxyl groups excluding tert-OH is 8. The van der Waals surface area contributed by atoms with E-state index < -0.39 is 92.6 Å². The largest absolute Gasteiger partial charge is 0.394 e. The molecule has 0 unspecified atom stereocenters. The topological polar surface area (TPSA) is 217 Å². The number of aliphatic hydroxyl groups is 8. The summed E-state index contributed by atoms with van der Waals surface area (Å²) in [6.45, 7) is 8.96. The molecule has 0 bridgehead atoms. The lowest BCUT2D eigenvalue weighted by atomic mass is 9.44. The van der Waals surface area contributed by atoms with Crippen LogP contribution >= 0.6 is 0 Å². The zero-order chi connectivity index (χ0) is 37.8. The molecule has 8 rings (SSSR count). The van der Waals surface area contributed by atoms with Gasteiger partial charge in [0.15, 0.2) is 18.4 Å². The van der Waals surface area contributed by atoms with Crippen molar-refractivity contribution in [2.24, 2.45) is 52.3 Å². The average molecular weight is 757 g/mol. The minimum atomic E-state index is -1.76. The fourth-order valence-corrected chi connectivity index (χ4v) is 13.2. The first-order chi connectivity index (χ1) is 25.2. The van der Waals surface area contributed by atoms with Crippen LogP contribution in [-0.4, -0.2) is 146 Å². The van der Waals surface area contributed by atoms with E-state index >= 15 is 0 Å². The molecule has 1 spiro atoms. The highest BCUT2D eigenvalue weighted by Gasteiger charge is 2.69. The van der Waals surface area contributed by atoms with Gasteiger partial charge in [-0.25, -0.2) is 0 Å². The Morgan fingerprint density at radius 2 is 1.40 bits per heavy atom. The molecule has 0 radical (unpaired) electrons. The maximum absolute atomic E-state index is 11.8. The normalized spacial score (nSPS) is 59.5. The molecule has 14 nitrogen and oxygen atoms in total. The zero-order valence-corrected chi connectivity index (χ0v) is 31.6. The van der Waals surface area contributed by atoms with Gasteiger partial charge in [-0.1, -0.05) is 27.7 Å². The highest BCUT2D eigenvalue weighted by Crippen LogP contribution is 2.71. The molecule has 0 aromatic rings. The molecule has 304 valence electrons. The van der Waals surface area contributed by atoms with E-state index in [1.54, 1.807) is 0 Å². The molecule has 8 aliphatic rings. The van der Waals surface area contributed by atoms with Crippen molar-refractivity contribution in [2.75, 3.05) is 19.8 Å². The summed E-state index contributed by atoms with van der Waals surface area (Å²) < 4.78 is 37.2. The zero-order valence-electron chi connectivity index (χ0n) is 31.6. The summed E-state index contributed by atoms with van der Waals surface area (Å²) in [6.07, 6.45) is -8.11. The van der Waals surface area contributed by atoms with Gasteiger partial charge in [0, 0.05) is 12.3 Å². The minimum absolute atomic E-state index is 0.111. The van der Waals surface area contributed by atoms with Crippen LogP contribution in [0.5, 0.6) is 0 Å². The third kappa shape index (κ3) is 6.20. The molecule has 4 saturated heterocycles. The Morgan fingerprint density at radius 3 is 2.08 bits per heavy atom. The third-order valence-corrected chi connectivity index (χ3v) is 16.2. The predicted octanol–water partition coefficient (Wildman–Crippen LogP) is 0.413. The van der Waals surface area contributed by atoms with Crippen LogP contribution in [0.25, 0.3) is 0 Å². The van der Waals surface area contributed by atoms with E-state index in [4.69, 9.17) is 28.4 Å². The van der Waals surface area contributed by atoms with Crippen molar-refractivity contribution in [2.45, 2.75) is 171 Å². The van der Waals surface area contributed by atoms with Gasteiger partial charge in [0.1, 0.15) is 48.8 Å². The molecule has 4 aliphatic heterocycles. The van der Waals surface area contributed by atoms with Gasteiger partial charge in [0.2, 0.25) is 0 Å². The molecule has 4 saturated carbocycles. The molecular weight excluding hydrogens is 692 g/mol. The van der Waals surface area contributed by atoms with Gasteiger partial charge in [-0.2, -0.15) is 0 Å². The number of rotatable bonds is 6. The first kappa shape index (κ1) is 39.3. The molecule has 8 fully saturated rings. The Morgan fingerprint density at radius 1 is 0.698 bits per heavy atom. The van der Waals surface area contributed by atoms with E-state index in [0.29, 0.717) is 48.3 Å². The molecule has 53 heavy (non-hydrogen) atoms. The van der Waals surface area contributed by atoms with Gasteiger partial charge in [-0.15, -0.1) is 0 Å². The Kier molecular flexibility index (Phi) is 10.6. The standard InChI is InChI=1S/C39H64O14/c1-17-7-10-39(48-16-17)18(2)28-25(53-39)12-22-20-6-5-19-11-24(23(42)13-38(19,4)21(20)8-9-37(22,28)3)49-36-34(32(46)30(44)27(15-41)51-36)52-35-33(47)31(45)29(43)26(14-40)50-35/h17-36,40-47H,5-16H2,1-4H3/t17-,18-,19+,20+,21-,22-,23-,24+,25-,26+,27+,28-,29+,30-,31-,32-,33+,34+,35-,36+,37-,38-,39+/m0/s1. The quantitative estimate of drug-likeness (QED) is 0.173. The molecule has 23 atom stereocenters. The van der Waals surface area contributed by atoms with Gasteiger partial charge >= 0.3 is 0 Å². The van der Waals surface area contributed by atoms with E-state index in [1.807, 2.05) is 0 Å². The van der Waals surface area contributed by atoms with Gasteiger partial charge < -0.3 is 69.3 Å². The third-order valence-electron chi connectivity index (χ3n) is 16.2. The highest BCUT2D eigenvalue weighted by atomic mass is 16.8. The lowest BCUT2D eigenvalue weighted by molar-refractivity contribution is -0.376. The van der Waals surface area contributed by atoms with Crippen molar-refractivity contribution in [3.8, 4) is 0 Å². The Bertz CT molecular complexity index is 1300. The summed E-state index contributed by atoms with van der Waals surface area (Å²) in [5.74, 6) is 2.78. The lowest BCUT2D eigenvalue weighted by Gasteiger charge is -2.62. The summed E-state index contributed by atoms with van der Waals surface area (Å²) in [4.78, 5) is 0. The second-order valence-corrected chi connectivity index (χ2v) is 18.9. The first-order valence-corrected chi connectivity index (χ1v) is 20.4. The van der Waals surface area contributed by atoms with Gasteiger partial charge in [-0.05, 0) is 97.7 Å². The summed E-state index contributed by atoms with van der Waals surface area (Å²) in [5.41, 5.74) is 0.0762. The highest BCUT2D eigenvalue weighted by molar-refractivity contribution is 5.16. The fraction of sp³-hybridized carbons (Fsp3) is 1.00. The van der Waals surface area contributed by atoms with Crippen LogP contribution in [0.15, 0.2) is 0 Å². The second-order valence-electron chi connectivity index (χ2n) is 18.9. The van der Waals surface area contributed by atoms with Crippen molar-refractivity contribution < 1.29 is 69.3 Å². The van der Waals surface area contributed by atoms with E-state index in [2.05, 4.69) is 27.7 Å². The Labute approximate surface area is 312 Å². The van der Waals surface area contributed by atoms with Crippen molar-refractivity contribution in [3.05, 3.63) is 0 Å². The van der Waals surface area contributed by atoms with Crippen molar-refractivity contribution in [1.82, 2.24) is 0 Å². The van der Waals surface area contributed by atoms with Crippen molar-refractivity contribution in [3.63, 3.8) is 0 Å². The average Bonchev–Trinajstić information content (AvgIpc) is 3.58. The molecule has 0 amide bonds. The fourth-order valence-electron chi connectivity index (χ4n) is 13.2.